The Balaban J connectivity index is 1.56. The van der Waals surface area contributed by atoms with Gasteiger partial charge in [0.15, 0.2) is 0 Å². The second-order valence-corrected chi connectivity index (χ2v) is 11.2. The molecule has 7 heteroatoms. The SMILES string of the molecule is CCCCCCCN(CCOc1ccc(CC(C)(Oc2ccc(C(C)C)cc2)C(=O)O)cc1)C(=O)Nc1ccccc1. The summed E-state index contributed by atoms with van der Waals surface area (Å²) in [4.78, 5) is 27.0. The molecule has 42 heavy (non-hydrogen) atoms. The Kier molecular flexibility index (Phi) is 12.7. The first-order valence-corrected chi connectivity index (χ1v) is 15.0. The molecular weight excluding hydrogens is 528 g/mol. The molecule has 0 saturated carbocycles. The molecule has 0 aliphatic heterocycles. The molecule has 3 rings (SSSR count). The summed E-state index contributed by atoms with van der Waals surface area (Å²) < 4.78 is 11.9. The van der Waals surface area contributed by atoms with Crippen LogP contribution >= 0.6 is 0 Å². The number of carbonyl (C=O) groups excluding carboxylic acids is 1. The van der Waals surface area contributed by atoms with Gasteiger partial charge in [0, 0.05) is 18.7 Å². The Morgan fingerprint density at radius 3 is 2.12 bits per heavy atom. The molecular formula is C35H46N2O5. The molecule has 2 N–H and O–H groups in total. The summed E-state index contributed by atoms with van der Waals surface area (Å²) in [5, 5.41) is 13.0. The fourth-order valence-electron chi connectivity index (χ4n) is 4.65. The van der Waals surface area contributed by atoms with Gasteiger partial charge in [-0.15, -0.1) is 0 Å². The highest BCUT2D eigenvalue weighted by Gasteiger charge is 2.36. The fourth-order valence-corrected chi connectivity index (χ4v) is 4.65. The lowest BCUT2D eigenvalue weighted by molar-refractivity contribution is -0.153. The lowest BCUT2D eigenvalue weighted by atomic mass is 9.96. The van der Waals surface area contributed by atoms with Crippen molar-refractivity contribution in [2.75, 3.05) is 25.0 Å². The molecule has 0 saturated heterocycles. The highest BCUT2D eigenvalue weighted by atomic mass is 16.5. The predicted octanol–water partition coefficient (Wildman–Crippen LogP) is 8.16. The molecule has 3 aromatic carbocycles. The van der Waals surface area contributed by atoms with E-state index in [1.165, 1.54) is 24.8 Å². The summed E-state index contributed by atoms with van der Waals surface area (Å²) in [6, 6.07) is 24.3. The Hall–Kier alpha value is -4.00. The Morgan fingerprint density at radius 2 is 1.50 bits per heavy atom. The summed E-state index contributed by atoms with van der Waals surface area (Å²) in [6.45, 7) is 9.46. The minimum absolute atomic E-state index is 0.137. The van der Waals surface area contributed by atoms with E-state index < -0.39 is 11.6 Å². The van der Waals surface area contributed by atoms with Crippen LogP contribution in [-0.2, 0) is 11.2 Å². The molecule has 0 bridgehead atoms. The summed E-state index contributed by atoms with van der Waals surface area (Å²) in [6.07, 6.45) is 5.79. The molecule has 0 fully saturated rings. The van der Waals surface area contributed by atoms with E-state index in [0.717, 1.165) is 24.1 Å². The zero-order chi connectivity index (χ0) is 30.4. The Labute approximate surface area is 250 Å². The van der Waals surface area contributed by atoms with Crippen LogP contribution in [0, 0.1) is 0 Å². The van der Waals surface area contributed by atoms with E-state index in [4.69, 9.17) is 9.47 Å². The van der Waals surface area contributed by atoms with Gasteiger partial charge in [0.1, 0.15) is 18.1 Å². The number of anilines is 1. The van der Waals surface area contributed by atoms with Gasteiger partial charge in [0.05, 0.1) is 6.54 Å². The number of carboxylic acids is 1. The van der Waals surface area contributed by atoms with E-state index in [1.54, 1.807) is 11.8 Å². The van der Waals surface area contributed by atoms with Crippen molar-refractivity contribution in [1.29, 1.82) is 0 Å². The van der Waals surface area contributed by atoms with Crippen LogP contribution in [0.4, 0.5) is 10.5 Å². The Morgan fingerprint density at radius 1 is 0.857 bits per heavy atom. The smallest absolute Gasteiger partial charge is 0.348 e. The number of benzene rings is 3. The number of nitrogens with one attached hydrogen (secondary N) is 1. The summed E-state index contributed by atoms with van der Waals surface area (Å²) in [5.41, 5.74) is 1.33. The number of amides is 2. The maximum absolute atomic E-state index is 13.0. The first kappa shape index (κ1) is 32.5. The average molecular weight is 575 g/mol. The van der Waals surface area contributed by atoms with Gasteiger partial charge in [-0.05, 0) is 66.8 Å². The van der Waals surface area contributed by atoms with Crippen molar-refractivity contribution in [3.05, 3.63) is 90.0 Å². The summed E-state index contributed by atoms with van der Waals surface area (Å²) in [5.74, 6) is 0.540. The lowest BCUT2D eigenvalue weighted by Gasteiger charge is -2.27. The molecule has 2 amide bonds. The number of unbranched alkanes of at least 4 members (excludes halogenated alkanes) is 4. The molecule has 0 aliphatic carbocycles. The highest BCUT2D eigenvalue weighted by molar-refractivity contribution is 5.89. The lowest BCUT2D eigenvalue weighted by Crippen LogP contribution is -2.43. The van der Waals surface area contributed by atoms with Crippen LogP contribution in [0.5, 0.6) is 11.5 Å². The number of nitrogens with zero attached hydrogens (tertiary/aromatic N) is 1. The van der Waals surface area contributed by atoms with Crippen LogP contribution in [-0.4, -0.2) is 47.3 Å². The normalized spacial score (nSPS) is 12.4. The third-order valence-corrected chi connectivity index (χ3v) is 7.28. The molecule has 0 heterocycles. The van der Waals surface area contributed by atoms with Gasteiger partial charge in [-0.3, -0.25) is 0 Å². The molecule has 3 aromatic rings. The first-order chi connectivity index (χ1) is 20.2. The van der Waals surface area contributed by atoms with Gasteiger partial charge in [-0.25, -0.2) is 9.59 Å². The van der Waals surface area contributed by atoms with Crippen LogP contribution in [0.2, 0.25) is 0 Å². The molecule has 0 spiro atoms. The zero-order valence-electron chi connectivity index (χ0n) is 25.5. The number of ether oxygens (including phenoxy) is 2. The molecule has 1 atom stereocenters. The fraction of sp³-hybridized carbons (Fsp3) is 0.429. The van der Waals surface area contributed by atoms with Crippen LogP contribution in [0.25, 0.3) is 0 Å². The number of para-hydroxylation sites is 1. The van der Waals surface area contributed by atoms with Crippen molar-refractivity contribution in [3.8, 4) is 11.5 Å². The number of hydrogen-bond acceptors (Lipinski definition) is 4. The number of carbonyl (C=O) groups is 2. The van der Waals surface area contributed by atoms with Gasteiger partial charge < -0.3 is 24.8 Å². The van der Waals surface area contributed by atoms with Crippen LogP contribution < -0.4 is 14.8 Å². The van der Waals surface area contributed by atoms with E-state index >= 15 is 0 Å². The Bertz CT molecular complexity index is 1230. The number of aliphatic carboxylic acids is 1. The average Bonchev–Trinajstić information content (AvgIpc) is 2.97. The van der Waals surface area contributed by atoms with Crippen molar-refractivity contribution in [1.82, 2.24) is 4.90 Å². The van der Waals surface area contributed by atoms with Gasteiger partial charge in [-0.1, -0.05) is 88.9 Å². The standard InChI is InChI=1S/C35H46N2O5/c1-5-6-7-8-12-23-37(34(40)36-30-13-10-9-11-14-30)24-25-41-31-19-15-28(16-20-31)26-35(4,33(38)39)42-32-21-17-29(18-22-32)27(2)3/h9-11,13-22,27H,5-8,12,23-26H2,1-4H3,(H,36,40)(H,38,39). The largest absolute Gasteiger partial charge is 0.492 e. The quantitative estimate of drug-likeness (QED) is 0.159. The van der Waals surface area contributed by atoms with Gasteiger partial charge in [0.2, 0.25) is 5.60 Å². The third kappa shape index (κ3) is 10.4. The molecule has 226 valence electrons. The van der Waals surface area contributed by atoms with E-state index in [0.29, 0.717) is 37.1 Å². The van der Waals surface area contributed by atoms with Crippen molar-refractivity contribution < 1.29 is 24.2 Å². The van der Waals surface area contributed by atoms with Crippen LogP contribution in [0.15, 0.2) is 78.9 Å². The molecule has 1 unspecified atom stereocenters. The molecule has 0 radical (unpaired) electrons. The topological polar surface area (TPSA) is 88.1 Å². The molecule has 7 nitrogen and oxygen atoms in total. The maximum atomic E-state index is 13.0. The number of rotatable bonds is 17. The van der Waals surface area contributed by atoms with Crippen molar-refractivity contribution in [3.63, 3.8) is 0 Å². The molecule has 0 aromatic heterocycles. The number of urea groups is 1. The minimum atomic E-state index is -1.43. The third-order valence-electron chi connectivity index (χ3n) is 7.28. The zero-order valence-corrected chi connectivity index (χ0v) is 25.5. The van der Waals surface area contributed by atoms with Crippen LogP contribution in [0.3, 0.4) is 0 Å². The van der Waals surface area contributed by atoms with E-state index in [9.17, 15) is 14.7 Å². The van der Waals surface area contributed by atoms with Crippen molar-refractivity contribution in [2.45, 2.75) is 77.7 Å². The van der Waals surface area contributed by atoms with Gasteiger partial charge in [-0.2, -0.15) is 0 Å². The summed E-state index contributed by atoms with van der Waals surface area (Å²) >= 11 is 0. The second kappa shape index (κ2) is 16.4. The van der Waals surface area contributed by atoms with E-state index in [1.807, 2.05) is 78.9 Å². The van der Waals surface area contributed by atoms with Crippen molar-refractivity contribution >= 4 is 17.7 Å². The van der Waals surface area contributed by atoms with E-state index in [2.05, 4.69) is 26.1 Å². The van der Waals surface area contributed by atoms with Crippen LogP contribution in [0.1, 0.15) is 76.8 Å². The highest BCUT2D eigenvalue weighted by Crippen LogP contribution is 2.26. The minimum Gasteiger partial charge on any atom is -0.492 e. The van der Waals surface area contributed by atoms with E-state index in [-0.39, 0.29) is 12.5 Å². The first-order valence-electron chi connectivity index (χ1n) is 15.0. The van der Waals surface area contributed by atoms with Gasteiger partial charge >= 0.3 is 12.0 Å². The summed E-state index contributed by atoms with van der Waals surface area (Å²) in [7, 11) is 0. The van der Waals surface area contributed by atoms with Gasteiger partial charge in [0.25, 0.3) is 0 Å². The molecule has 0 aliphatic rings. The predicted molar refractivity (Wildman–Crippen MR) is 169 cm³/mol. The monoisotopic (exact) mass is 574 g/mol. The van der Waals surface area contributed by atoms with Crippen molar-refractivity contribution in [2.24, 2.45) is 0 Å². The number of hydrogen-bond donors (Lipinski definition) is 2. The second-order valence-electron chi connectivity index (χ2n) is 11.2. The number of carboxylic acid groups (broad SMARTS) is 1. The maximum Gasteiger partial charge on any atom is 0.348 e.